The summed E-state index contributed by atoms with van der Waals surface area (Å²) >= 11 is 0. The molecule has 0 spiro atoms. The lowest BCUT2D eigenvalue weighted by Crippen LogP contribution is -2.23. The number of halogens is 2. The number of para-hydroxylation sites is 1. The SMILES string of the molecule is O=C(CNc1ccc(F)c(F)c1)Nc1ccccc1C(=O)O. The van der Waals surface area contributed by atoms with E-state index < -0.39 is 23.5 Å². The summed E-state index contributed by atoms with van der Waals surface area (Å²) in [6.07, 6.45) is 0. The zero-order valence-electron chi connectivity index (χ0n) is 11.3. The third-order valence-corrected chi connectivity index (χ3v) is 2.80. The number of carbonyl (C=O) groups excluding carboxylic acids is 1. The first kappa shape index (κ1) is 15.4. The fraction of sp³-hybridized carbons (Fsp3) is 0.0667. The molecule has 0 fully saturated rings. The Morgan fingerprint density at radius 2 is 1.77 bits per heavy atom. The molecule has 0 aliphatic heterocycles. The second-order valence-electron chi connectivity index (χ2n) is 4.38. The van der Waals surface area contributed by atoms with Crippen LogP contribution in [-0.4, -0.2) is 23.5 Å². The number of carbonyl (C=O) groups is 2. The van der Waals surface area contributed by atoms with Gasteiger partial charge >= 0.3 is 5.97 Å². The van der Waals surface area contributed by atoms with E-state index >= 15 is 0 Å². The second-order valence-corrected chi connectivity index (χ2v) is 4.38. The Kier molecular flexibility index (Phi) is 4.67. The summed E-state index contributed by atoms with van der Waals surface area (Å²) in [6.45, 7) is -0.223. The lowest BCUT2D eigenvalue weighted by atomic mass is 10.2. The topological polar surface area (TPSA) is 78.4 Å². The number of anilines is 2. The van der Waals surface area contributed by atoms with Crippen molar-refractivity contribution in [2.24, 2.45) is 0 Å². The molecule has 0 unspecified atom stereocenters. The van der Waals surface area contributed by atoms with Gasteiger partial charge in [-0.15, -0.1) is 0 Å². The zero-order chi connectivity index (χ0) is 16.1. The fourth-order valence-corrected chi connectivity index (χ4v) is 1.76. The average molecular weight is 306 g/mol. The summed E-state index contributed by atoms with van der Waals surface area (Å²) in [5.41, 5.74) is 0.358. The average Bonchev–Trinajstić information content (AvgIpc) is 2.49. The maximum absolute atomic E-state index is 13.0. The smallest absolute Gasteiger partial charge is 0.337 e. The number of carboxylic acids is 1. The highest BCUT2D eigenvalue weighted by atomic mass is 19.2. The fourth-order valence-electron chi connectivity index (χ4n) is 1.76. The molecule has 22 heavy (non-hydrogen) atoms. The summed E-state index contributed by atoms with van der Waals surface area (Å²) in [5, 5.41) is 14.1. The Bertz CT molecular complexity index is 720. The molecule has 0 aliphatic carbocycles. The molecule has 0 saturated carbocycles. The molecule has 7 heteroatoms. The molecule has 2 rings (SSSR count). The summed E-state index contributed by atoms with van der Waals surface area (Å²) < 4.78 is 25.8. The van der Waals surface area contributed by atoms with Crippen LogP contribution in [0.3, 0.4) is 0 Å². The van der Waals surface area contributed by atoms with E-state index in [0.29, 0.717) is 0 Å². The second kappa shape index (κ2) is 6.66. The molecule has 2 aromatic rings. The number of hydrogen-bond acceptors (Lipinski definition) is 3. The molecule has 5 nitrogen and oxygen atoms in total. The van der Waals surface area contributed by atoms with Crippen molar-refractivity contribution in [1.29, 1.82) is 0 Å². The van der Waals surface area contributed by atoms with Crippen molar-refractivity contribution in [2.45, 2.75) is 0 Å². The molecule has 1 amide bonds. The van der Waals surface area contributed by atoms with Crippen LogP contribution in [-0.2, 0) is 4.79 Å². The summed E-state index contributed by atoms with van der Waals surface area (Å²) in [5.74, 6) is -3.69. The summed E-state index contributed by atoms with van der Waals surface area (Å²) in [6, 6.07) is 9.10. The molecule has 3 N–H and O–H groups in total. The molecular weight excluding hydrogens is 294 g/mol. The van der Waals surface area contributed by atoms with Crippen molar-refractivity contribution in [1.82, 2.24) is 0 Å². The van der Waals surface area contributed by atoms with Gasteiger partial charge in [-0.05, 0) is 24.3 Å². The minimum atomic E-state index is -1.16. The Hall–Kier alpha value is -2.96. The van der Waals surface area contributed by atoms with Gasteiger partial charge in [-0.25, -0.2) is 13.6 Å². The predicted molar refractivity (Wildman–Crippen MR) is 76.9 cm³/mol. The number of nitrogens with one attached hydrogen (secondary N) is 2. The van der Waals surface area contributed by atoms with E-state index in [1.165, 1.54) is 18.2 Å². The quantitative estimate of drug-likeness (QED) is 0.793. The van der Waals surface area contributed by atoms with Gasteiger partial charge in [-0.3, -0.25) is 4.79 Å². The Balaban J connectivity index is 1.99. The number of amides is 1. The standard InChI is InChI=1S/C15H12F2N2O3/c16-11-6-5-9(7-12(11)17)18-8-14(20)19-13-4-2-1-3-10(13)15(21)22/h1-7,18H,8H2,(H,19,20)(H,21,22). The Labute approximate surface area is 124 Å². The number of aromatic carboxylic acids is 1. The number of hydrogen-bond donors (Lipinski definition) is 3. The largest absolute Gasteiger partial charge is 0.478 e. The monoisotopic (exact) mass is 306 g/mol. The molecule has 0 saturated heterocycles. The van der Waals surface area contributed by atoms with Crippen molar-refractivity contribution in [3.8, 4) is 0 Å². The van der Waals surface area contributed by atoms with Gasteiger partial charge in [0.15, 0.2) is 11.6 Å². The third-order valence-electron chi connectivity index (χ3n) is 2.80. The first-order valence-corrected chi connectivity index (χ1v) is 6.28. The first-order valence-electron chi connectivity index (χ1n) is 6.28. The van der Waals surface area contributed by atoms with Crippen molar-refractivity contribution in [3.05, 3.63) is 59.7 Å². The minimum absolute atomic E-state index is 0.0383. The van der Waals surface area contributed by atoms with Crippen LogP contribution in [0.5, 0.6) is 0 Å². The van der Waals surface area contributed by atoms with Crippen LogP contribution >= 0.6 is 0 Å². The Morgan fingerprint density at radius 3 is 2.45 bits per heavy atom. The van der Waals surface area contributed by atoms with Crippen LogP contribution in [0.4, 0.5) is 20.2 Å². The molecular formula is C15H12F2N2O3. The van der Waals surface area contributed by atoms with Gasteiger partial charge in [0.05, 0.1) is 17.8 Å². The van der Waals surface area contributed by atoms with Crippen molar-refractivity contribution in [2.75, 3.05) is 17.2 Å². The van der Waals surface area contributed by atoms with Crippen LogP contribution < -0.4 is 10.6 Å². The van der Waals surface area contributed by atoms with E-state index in [2.05, 4.69) is 10.6 Å². The van der Waals surface area contributed by atoms with Crippen LogP contribution in [0.15, 0.2) is 42.5 Å². The number of rotatable bonds is 5. The zero-order valence-corrected chi connectivity index (χ0v) is 11.3. The number of carboxylic acid groups (broad SMARTS) is 1. The maximum Gasteiger partial charge on any atom is 0.337 e. The first-order chi connectivity index (χ1) is 10.5. The van der Waals surface area contributed by atoms with E-state index in [1.54, 1.807) is 12.1 Å². The maximum atomic E-state index is 13.0. The molecule has 0 heterocycles. The van der Waals surface area contributed by atoms with Gasteiger partial charge in [0, 0.05) is 11.8 Å². The summed E-state index contributed by atoms with van der Waals surface area (Å²) in [4.78, 5) is 22.8. The van der Waals surface area contributed by atoms with Gasteiger partial charge in [0.1, 0.15) is 0 Å². The Morgan fingerprint density at radius 1 is 1.05 bits per heavy atom. The lowest BCUT2D eigenvalue weighted by molar-refractivity contribution is -0.114. The van der Waals surface area contributed by atoms with Crippen LogP contribution in [0, 0.1) is 11.6 Å². The molecule has 0 atom stereocenters. The minimum Gasteiger partial charge on any atom is -0.478 e. The molecule has 114 valence electrons. The van der Waals surface area contributed by atoms with E-state index in [0.717, 1.165) is 12.1 Å². The van der Waals surface area contributed by atoms with E-state index in [9.17, 15) is 18.4 Å². The highest BCUT2D eigenvalue weighted by molar-refractivity contribution is 6.01. The van der Waals surface area contributed by atoms with E-state index in [4.69, 9.17) is 5.11 Å². The van der Waals surface area contributed by atoms with E-state index in [1.807, 2.05) is 0 Å². The van der Waals surface area contributed by atoms with Crippen molar-refractivity contribution < 1.29 is 23.5 Å². The normalized spacial score (nSPS) is 10.1. The van der Waals surface area contributed by atoms with Gasteiger partial charge in [0.25, 0.3) is 0 Å². The van der Waals surface area contributed by atoms with Gasteiger partial charge in [-0.1, -0.05) is 12.1 Å². The highest BCUT2D eigenvalue weighted by Crippen LogP contribution is 2.15. The molecule has 2 aromatic carbocycles. The van der Waals surface area contributed by atoms with Crippen molar-refractivity contribution in [3.63, 3.8) is 0 Å². The lowest BCUT2D eigenvalue weighted by Gasteiger charge is -2.10. The van der Waals surface area contributed by atoms with Crippen molar-refractivity contribution >= 4 is 23.3 Å². The molecule has 0 bridgehead atoms. The van der Waals surface area contributed by atoms with Gasteiger partial charge in [0.2, 0.25) is 5.91 Å². The predicted octanol–water partition coefficient (Wildman–Crippen LogP) is 2.71. The summed E-state index contributed by atoms with van der Waals surface area (Å²) in [7, 11) is 0. The van der Waals surface area contributed by atoms with Crippen LogP contribution in [0.2, 0.25) is 0 Å². The third kappa shape index (κ3) is 3.78. The van der Waals surface area contributed by atoms with Crippen LogP contribution in [0.1, 0.15) is 10.4 Å². The van der Waals surface area contributed by atoms with Gasteiger partial charge in [-0.2, -0.15) is 0 Å². The molecule has 0 radical (unpaired) electrons. The number of benzene rings is 2. The van der Waals surface area contributed by atoms with E-state index in [-0.39, 0.29) is 23.5 Å². The molecule has 0 aromatic heterocycles. The van der Waals surface area contributed by atoms with Crippen LogP contribution in [0.25, 0.3) is 0 Å². The highest BCUT2D eigenvalue weighted by Gasteiger charge is 2.11. The molecule has 0 aliphatic rings. The van der Waals surface area contributed by atoms with Gasteiger partial charge < -0.3 is 15.7 Å².